The molecule has 104 valence electrons. The van der Waals surface area contributed by atoms with Crippen molar-refractivity contribution in [3.63, 3.8) is 0 Å². The Bertz CT molecular complexity index is 591. The van der Waals surface area contributed by atoms with Crippen LogP contribution in [0.25, 0.3) is 0 Å². The highest BCUT2D eigenvalue weighted by molar-refractivity contribution is 6.05. The van der Waals surface area contributed by atoms with E-state index < -0.39 is 5.79 Å². The Balaban J connectivity index is 1.90. The molecule has 20 heavy (non-hydrogen) atoms. The Morgan fingerprint density at radius 3 is 2.85 bits per heavy atom. The van der Waals surface area contributed by atoms with Crippen LogP contribution in [-0.2, 0) is 16.1 Å². The minimum Gasteiger partial charge on any atom is -0.363 e. The van der Waals surface area contributed by atoms with Crippen LogP contribution in [0.15, 0.2) is 53.8 Å². The number of morpholine rings is 1. The summed E-state index contributed by atoms with van der Waals surface area (Å²) >= 11 is 0. The number of carbonyl (C=O) groups is 1. The predicted octanol–water partition coefficient (Wildman–Crippen LogP) is 1.62. The molecule has 1 atom stereocenters. The topological polar surface area (TPSA) is 49.8 Å². The van der Waals surface area contributed by atoms with E-state index in [2.05, 4.69) is 0 Å². The second-order valence-corrected chi connectivity index (χ2v) is 5.17. The molecule has 0 amide bonds. The smallest absolute Gasteiger partial charge is 0.228 e. The van der Waals surface area contributed by atoms with Crippen LogP contribution < -0.4 is 0 Å². The third kappa shape index (κ3) is 2.28. The third-order valence-electron chi connectivity index (χ3n) is 3.68. The van der Waals surface area contributed by atoms with Crippen molar-refractivity contribution >= 4 is 5.78 Å². The summed E-state index contributed by atoms with van der Waals surface area (Å²) in [6.45, 7) is 3.42. The summed E-state index contributed by atoms with van der Waals surface area (Å²) in [6.07, 6.45) is 2.99. The van der Waals surface area contributed by atoms with Gasteiger partial charge in [-0.2, -0.15) is 0 Å². The average molecular weight is 271 g/mol. The zero-order chi connectivity index (χ0) is 14.2. The number of carbonyl (C=O) groups excluding carboxylic acids is 1. The molecule has 0 bridgehead atoms. The van der Waals surface area contributed by atoms with Crippen LogP contribution in [0.2, 0.25) is 0 Å². The highest BCUT2D eigenvalue weighted by Gasteiger charge is 2.41. The molecule has 1 heterocycles. The number of fused-ring (bicyclic) bond motifs is 1. The fourth-order valence-electron chi connectivity index (χ4n) is 2.61. The normalized spacial score (nSPS) is 25.9. The lowest BCUT2D eigenvalue weighted by Crippen LogP contribution is -2.50. The van der Waals surface area contributed by atoms with Gasteiger partial charge in [-0.3, -0.25) is 4.79 Å². The number of hydrogen-bond donors (Lipinski definition) is 1. The summed E-state index contributed by atoms with van der Waals surface area (Å²) < 4.78 is 5.47. The molecule has 1 unspecified atom stereocenters. The fraction of sp³-hybridized carbons (Fsp3) is 0.312. The molecule has 1 aliphatic carbocycles. The largest absolute Gasteiger partial charge is 0.363 e. The molecule has 3 rings (SSSR count). The SMILES string of the molecule is CC1=CC2(O)OCCN(Cc3ccccc3)C2=CC1=O. The lowest BCUT2D eigenvalue weighted by atomic mass is 9.96. The predicted molar refractivity (Wildman–Crippen MR) is 74.6 cm³/mol. The second-order valence-electron chi connectivity index (χ2n) is 5.17. The number of allylic oxidation sites excluding steroid dienone is 2. The first kappa shape index (κ1) is 13.1. The molecule has 4 heteroatoms. The van der Waals surface area contributed by atoms with Gasteiger partial charge in [-0.25, -0.2) is 0 Å². The van der Waals surface area contributed by atoms with E-state index in [1.165, 1.54) is 12.2 Å². The third-order valence-corrected chi connectivity index (χ3v) is 3.68. The molecule has 0 spiro atoms. The summed E-state index contributed by atoms with van der Waals surface area (Å²) in [7, 11) is 0. The van der Waals surface area contributed by atoms with E-state index in [0.717, 1.165) is 5.56 Å². The van der Waals surface area contributed by atoms with Gasteiger partial charge in [0, 0.05) is 19.2 Å². The van der Waals surface area contributed by atoms with E-state index in [4.69, 9.17) is 4.74 Å². The van der Waals surface area contributed by atoms with Gasteiger partial charge in [0.1, 0.15) is 0 Å². The van der Waals surface area contributed by atoms with E-state index in [1.54, 1.807) is 6.92 Å². The number of ether oxygens (including phenoxy) is 1. The number of benzene rings is 1. The highest BCUT2D eigenvalue weighted by atomic mass is 16.6. The fourth-order valence-corrected chi connectivity index (χ4v) is 2.61. The van der Waals surface area contributed by atoms with E-state index in [0.29, 0.717) is 31.0 Å². The molecule has 1 fully saturated rings. The van der Waals surface area contributed by atoms with Crippen LogP contribution >= 0.6 is 0 Å². The Morgan fingerprint density at radius 2 is 2.10 bits per heavy atom. The Hall–Kier alpha value is -1.91. The first-order valence-corrected chi connectivity index (χ1v) is 6.70. The summed E-state index contributed by atoms with van der Waals surface area (Å²) in [5.74, 6) is -1.54. The molecule has 1 aliphatic heterocycles. The summed E-state index contributed by atoms with van der Waals surface area (Å²) in [4.78, 5) is 13.9. The quantitative estimate of drug-likeness (QED) is 0.888. The van der Waals surface area contributed by atoms with Gasteiger partial charge in [0.05, 0.1) is 12.3 Å². The minimum atomic E-state index is -1.47. The van der Waals surface area contributed by atoms with Crippen LogP contribution in [0.4, 0.5) is 0 Å². The maximum atomic E-state index is 11.9. The maximum absolute atomic E-state index is 11.9. The Morgan fingerprint density at radius 1 is 1.35 bits per heavy atom. The summed E-state index contributed by atoms with van der Waals surface area (Å²) in [5, 5.41) is 10.6. The van der Waals surface area contributed by atoms with Crippen molar-refractivity contribution in [1.29, 1.82) is 0 Å². The number of rotatable bonds is 2. The maximum Gasteiger partial charge on any atom is 0.228 e. The first-order valence-electron chi connectivity index (χ1n) is 6.70. The van der Waals surface area contributed by atoms with Crippen LogP contribution in [0.5, 0.6) is 0 Å². The summed E-state index contributed by atoms with van der Waals surface area (Å²) in [6, 6.07) is 9.98. The first-order chi connectivity index (χ1) is 9.58. The molecule has 0 radical (unpaired) electrons. The molecular weight excluding hydrogens is 254 g/mol. The molecule has 1 N–H and O–H groups in total. The van der Waals surface area contributed by atoms with Gasteiger partial charge in [0.15, 0.2) is 5.78 Å². The van der Waals surface area contributed by atoms with E-state index in [-0.39, 0.29) is 5.78 Å². The van der Waals surface area contributed by atoms with Crippen molar-refractivity contribution in [2.24, 2.45) is 0 Å². The molecule has 2 aliphatic rings. The monoisotopic (exact) mass is 271 g/mol. The zero-order valence-corrected chi connectivity index (χ0v) is 11.4. The van der Waals surface area contributed by atoms with Crippen molar-refractivity contribution in [2.45, 2.75) is 19.3 Å². The van der Waals surface area contributed by atoms with Crippen LogP contribution in [0, 0.1) is 0 Å². The van der Waals surface area contributed by atoms with Gasteiger partial charge >= 0.3 is 0 Å². The van der Waals surface area contributed by atoms with Gasteiger partial charge in [-0.15, -0.1) is 0 Å². The van der Waals surface area contributed by atoms with Crippen LogP contribution in [0.1, 0.15) is 12.5 Å². The van der Waals surface area contributed by atoms with Crippen LogP contribution in [0.3, 0.4) is 0 Å². The number of aliphatic hydroxyl groups is 1. The Kier molecular flexibility index (Phi) is 3.20. The molecule has 1 saturated heterocycles. The minimum absolute atomic E-state index is 0.0757. The average Bonchev–Trinajstić information content (AvgIpc) is 2.42. The molecule has 4 nitrogen and oxygen atoms in total. The number of hydrogen-bond acceptors (Lipinski definition) is 4. The number of ketones is 1. The Labute approximate surface area is 118 Å². The molecule has 0 saturated carbocycles. The zero-order valence-electron chi connectivity index (χ0n) is 11.4. The van der Waals surface area contributed by atoms with Gasteiger partial charge in [-0.05, 0) is 24.1 Å². The highest BCUT2D eigenvalue weighted by Crippen LogP contribution is 2.33. The van der Waals surface area contributed by atoms with E-state index in [9.17, 15) is 9.90 Å². The molecule has 1 aromatic rings. The van der Waals surface area contributed by atoms with E-state index in [1.807, 2.05) is 35.2 Å². The lowest BCUT2D eigenvalue weighted by molar-refractivity contribution is -0.179. The van der Waals surface area contributed by atoms with Gasteiger partial charge < -0.3 is 14.7 Å². The van der Waals surface area contributed by atoms with Crippen molar-refractivity contribution in [2.75, 3.05) is 13.2 Å². The second kappa shape index (κ2) is 4.89. The molecule has 0 aromatic heterocycles. The number of nitrogens with zero attached hydrogens (tertiary/aromatic N) is 1. The standard InChI is InChI=1S/C16H17NO3/c1-12-10-16(19)15(9-14(12)18)17(7-8-20-16)11-13-5-3-2-4-6-13/h2-6,9-10,19H,7-8,11H2,1H3. The van der Waals surface area contributed by atoms with Crippen molar-refractivity contribution in [1.82, 2.24) is 4.90 Å². The summed E-state index contributed by atoms with van der Waals surface area (Å²) in [5.41, 5.74) is 2.18. The molecule has 1 aromatic carbocycles. The molecular formula is C16H17NO3. The van der Waals surface area contributed by atoms with Crippen molar-refractivity contribution in [3.8, 4) is 0 Å². The van der Waals surface area contributed by atoms with Crippen LogP contribution in [-0.4, -0.2) is 34.7 Å². The van der Waals surface area contributed by atoms with Gasteiger partial charge in [0.2, 0.25) is 5.79 Å². The van der Waals surface area contributed by atoms with Crippen molar-refractivity contribution in [3.05, 3.63) is 59.3 Å². The van der Waals surface area contributed by atoms with Gasteiger partial charge in [-0.1, -0.05) is 30.3 Å². The van der Waals surface area contributed by atoms with Crippen molar-refractivity contribution < 1.29 is 14.6 Å². The lowest BCUT2D eigenvalue weighted by Gasteiger charge is -2.42. The van der Waals surface area contributed by atoms with E-state index >= 15 is 0 Å². The van der Waals surface area contributed by atoms with Gasteiger partial charge in [0.25, 0.3) is 0 Å².